The van der Waals surface area contributed by atoms with E-state index in [0.717, 1.165) is 18.5 Å². The van der Waals surface area contributed by atoms with Crippen molar-refractivity contribution in [1.29, 1.82) is 0 Å². The second kappa shape index (κ2) is 5.66. The Labute approximate surface area is 85.8 Å². The number of hydrogen-bond acceptors (Lipinski definition) is 2. The van der Waals surface area contributed by atoms with Gasteiger partial charge in [-0.05, 0) is 36.5 Å². The fraction of sp³-hybridized carbons (Fsp3) is 0.500. The van der Waals surface area contributed by atoms with Gasteiger partial charge >= 0.3 is 0 Å². The predicted molar refractivity (Wildman–Crippen MR) is 60.3 cm³/mol. The summed E-state index contributed by atoms with van der Waals surface area (Å²) in [5.41, 5.74) is 9.20. The number of nitrogens with two attached hydrogens (primary N) is 1. The first kappa shape index (κ1) is 11.1. The molecule has 0 spiro atoms. The molecular formula is C12H19NO. The molecule has 1 aromatic carbocycles. The molecule has 2 heteroatoms. The quantitative estimate of drug-likeness (QED) is 0.704. The van der Waals surface area contributed by atoms with Crippen LogP contribution in [0.2, 0.25) is 0 Å². The number of hydrogen-bond donors (Lipinski definition) is 2. The van der Waals surface area contributed by atoms with E-state index in [1.807, 2.05) is 12.1 Å². The highest BCUT2D eigenvalue weighted by Gasteiger charge is 2.04. The number of benzene rings is 1. The van der Waals surface area contributed by atoms with Crippen molar-refractivity contribution < 1.29 is 5.11 Å². The molecule has 1 aromatic rings. The Morgan fingerprint density at radius 3 is 2.71 bits per heavy atom. The van der Waals surface area contributed by atoms with Crippen LogP contribution in [0.5, 0.6) is 0 Å². The number of unbranched alkanes of at least 4 members (excludes halogenated alkanes) is 1. The Kier molecular flexibility index (Phi) is 4.47. The van der Waals surface area contributed by atoms with E-state index in [-0.39, 0.29) is 6.61 Å². The molecule has 3 N–H and O–H groups in total. The Hall–Kier alpha value is -1.02. The number of aliphatic hydroxyl groups excluding tert-OH is 1. The van der Waals surface area contributed by atoms with E-state index in [1.165, 1.54) is 17.5 Å². The number of aliphatic hydroxyl groups is 1. The molecular weight excluding hydrogens is 174 g/mol. The van der Waals surface area contributed by atoms with Gasteiger partial charge < -0.3 is 10.8 Å². The molecule has 0 aliphatic heterocycles. The fourth-order valence-electron chi connectivity index (χ4n) is 1.67. The van der Waals surface area contributed by atoms with Crippen LogP contribution in [0.3, 0.4) is 0 Å². The normalized spacial score (nSPS) is 10.4. The van der Waals surface area contributed by atoms with Crippen molar-refractivity contribution >= 4 is 5.69 Å². The Balaban J connectivity index is 2.84. The summed E-state index contributed by atoms with van der Waals surface area (Å²) in [4.78, 5) is 0. The Bertz CT molecular complexity index is 284. The van der Waals surface area contributed by atoms with E-state index >= 15 is 0 Å². The third-order valence-electron chi connectivity index (χ3n) is 2.47. The maximum Gasteiger partial charge on any atom is 0.0471 e. The molecule has 0 saturated heterocycles. The monoisotopic (exact) mass is 193 g/mol. The average molecular weight is 193 g/mol. The van der Waals surface area contributed by atoms with Crippen LogP contribution >= 0.6 is 0 Å². The van der Waals surface area contributed by atoms with Crippen molar-refractivity contribution in [3.05, 3.63) is 29.3 Å². The van der Waals surface area contributed by atoms with Gasteiger partial charge in [-0.15, -0.1) is 0 Å². The zero-order valence-corrected chi connectivity index (χ0v) is 8.79. The summed E-state index contributed by atoms with van der Waals surface area (Å²) in [5.74, 6) is 0. The summed E-state index contributed by atoms with van der Waals surface area (Å²) in [7, 11) is 0. The zero-order valence-electron chi connectivity index (χ0n) is 8.79. The maximum atomic E-state index is 8.92. The zero-order chi connectivity index (χ0) is 10.4. The molecule has 0 atom stereocenters. The molecule has 0 heterocycles. The summed E-state index contributed by atoms with van der Waals surface area (Å²) < 4.78 is 0. The largest absolute Gasteiger partial charge is 0.398 e. The minimum atomic E-state index is 0.197. The molecule has 1 rings (SSSR count). The predicted octanol–water partition coefficient (Wildman–Crippen LogP) is 2.15. The lowest BCUT2D eigenvalue weighted by molar-refractivity contribution is 0.299. The van der Waals surface area contributed by atoms with Crippen LogP contribution in [0.25, 0.3) is 0 Å². The standard InChI is InChI=1S/C12H19NO/c1-2-3-6-11-10(8-9-14)5-4-7-12(11)13/h4-5,7,14H,2-3,6,8-9,13H2,1H3. The summed E-state index contributed by atoms with van der Waals surface area (Å²) in [6, 6.07) is 5.94. The first-order valence-electron chi connectivity index (χ1n) is 5.26. The molecule has 0 radical (unpaired) electrons. The van der Waals surface area contributed by atoms with Gasteiger partial charge in [0, 0.05) is 12.3 Å². The molecule has 0 bridgehead atoms. The third-order valence-corrected chi connectivity index (χ3v) is 2.47. The van der Waals surface area contributed by atoms with E-state index in [1.54, 1.807) is 0 Å². The molecule has 0 aliphatic carbocycles. The lowest BCUT2D eigenvalue weighted by Crippen LogP contribution is -2.02. The molecule has 0 saturated carbocycles. The molecule has 2 nitrogen and oxygen atoms in total. The SMILES string of the molecule is CCCCc1c(N)cccc1CCO. The van der Waals surface area contributed by atoms with Crippen molar-refractivity contribution in [3.8, 4) is 0 Å². The van der Waals surface area contributed by atoms with Gasteiger partial charge in [0.15, 0.2) is 0 Å². The van der Waals surface area contributed by atoms with Crippen LogP contribution in [0.15, 0.2) is 18.2 Å². The highest BCUT2D eigenvalue weighted by Crippen LogP contribution is 2.19. The van der Waals surface area contributed by atoms with Crippen LogP contribution in [0.1, 0.15) is 30.9 Å². The maximum absolute atomic E-state index is 8.92. The second-order valence-electron chi connectivity index (χ2n) is 3.56. The van der Waals surface area contributed by atoms with Crippen molar-refractivity contribution in [2.75, 3.05) is 12.3 Å². The average Bonchev–Trinajstić information content (AvgIpc) is 2.18. The third kappa shape index (κ3) is 2.74. The van der Waals surface area contributed by atoms with Gasteiger partial charge in [0.2, 0.25) is 0 Å². The van der Waals surface area contributed by atoms with Crippen molar-refractivity contribution in [3.63, 3.8) is 0 Å². The first-order chi connectivity index (χ1) is 6.79. The number of anilines is 1. The lowest BCUT2D eigenvalue weighted by Gasteiger charge is -2.10. The molecule has 0 fully saturated rings. The van der Waals surface area contributed by atoms with Gasteiger partial charge in [-0.25, -0.2) is 0 Å². The molecule has 0 unspecified atom stereocenters. The van der Waals surface area contributed by atoms with Gasteiger partial charge in [0.25, 0.3) is 0 Å². The minimum absolute atomic E-state index is 0.197. The number of rotatable bonds is 5. The van der Waals surface area contributed by atoms with Crippen LogP contribution < -0.4 is 5.73 Å². The Morgan fingerprint density at radius 1 is 1.29 bits per heavy atom. The molecule has 78 valence electrons. The molecule has 14 heavy (non-hydrogen) atoms. The Morgan fingerprint density at radius 2 is 2.07 bits per heavy atom. The van der Waals surface area contributed by atoms with Crippen molar-refractivity contribution in [2.24, 2.45) is 0 Å². The van der Waals surface area contributed by atoms with Gasteiger partial charge in [-0.1, -0.05) is 25.5 Å². The van der Waals surface area contributed by atoms with Gasteiger partial charge in [0.1, 0.15) is 0 Å². The highest BCUT2D eigenvalue weighted by atomic mass is 16.2. The van der Waals surface area contributed by atoms with Crippen LogP contribution in [-0.4, -0.2) is 11.7 Å². The minimum Gasteiger partial charge on any atom is -0.398 e. The molecule has 0 aromatic heterocycles. The number of nitrogen functional groups attached to an aromatic ring is 1. The van der Waals surface area contributed by atoms with E-state index in [9.17, 15) is 0 Å². The van der Waals surface area contributed by atoms with Gasteiger partial charge in [-0.3, -0.25) is 0 Å². The van der Waals surface area contributed by atoms with Crippen molar-refractivity contribution in [1.82, 2.24) is 0 Å². The topological polar surface area (TPSA) is 46.2 Å². The fourth-order valence-corrected chi connectivity index (χ4v) is 1.67. The summed E-state index contributed by atoms with van der Waals surface area (Å²) >= 11 is 0. The van der Waals surface area contributed by atoms with E-state index in [2.05, 4.69) is 13.0 Å². The smallest absolute Gasteiger partial charge is 0.0471 e. The second-order valence-corrected chi connectivity index (χ2v) is 3.56. The first-order valence-corrected chi connectivity index (χ1v) is 5.26. The van der Waals surface area contributed by atoms with Gasteiger partial charge in [-0.2, -0.15) is 0 Å². The van der Waals surface area contributed by atoms with E-state index < -0.39 is 0 Å². The van der Waals surface area contributed by atoms with E-state index in [0.29, 0.717) is 6.42 Å². The summed E-state index contributed by atoms with van der Waals surface area (Å²) in [6.45, 7) is 2.37. The molecule has 0 amide bonds. The molecule has 0 aliphatic rings. The van der Waals surface area contributed by atoms with Crippen LogP contribution in [0.4, 0.5) is 5.69 Å². The van der Waals surface area contributed by atoms with Gasteiger partial charge in [0.05, 0.1) is 0 Å². The van der Waals surface area contributed by atoms with Crippen molar-refractivity contribution in [2.45, 2.75) is 32.6 Å². The highest BCUT2D eigenvalue weighted by molar-refractivity contribution is 5.51. The summed E-state index contributed by atoms with van der Waals surface area (Å²) in [6.07, 6.45) is 4.07. The van der Waals surface area contributed by atoms with Crippen LogP contribution in [-0.2, 0) is 12.8 Å². The lowest BCUT2D eigenvalue weighted by atomic mass is 9.98. The van der Waals surface area contributed by atoms with Crippen LogP contribution in [0, 0.1) is 0 Å². The van der Waals surface area contributed by atoms with E-state index in [4.69, 9.17) is 10.8 Å². The summed E-state index contributed by atoms with van der Waals surface area (Å²) in [5, 5.41) is 8.92.